The van der Waals surface area contributed by atoms with Crippen LogP contribution in [0.1, 0.15) is 18.4 Å². The number of hydrogen-bond donors (Lipinski definition) is 1. The van der Waals surface area contributed by atoms with Gasteiger partial charge in [-0.2, -0.15) is 0 Å². The molecule has 1 heterocycles. The van der Waals surface area contributed by atoms with Gasteiger partial charge < -0.3 is 10.2 Å². The Hall–Kier alpha value is -2.00. The Morgan fingerprint density at radius 2 is 1.88 bits per heavy atom. The zero-order chi connectivity index (χ0) is 16.8. The molecule has 3 nitrogen and oxygen atoms in total. The summed E-state index contributed by atoms with van der Waals surface area (Å²) in [7, 11) is 0. The number of aryl methyl sites for hydroxylation is 1. The van der Waals surface area contributed by atoms with Gasteiger partial charge in [-0.05, 0) is 48.6 Å². The van der Waals surface area contributed by atoms with Crippen molar-refractivity contribution in [1.29, 1.82) is 0 Å². The molecule has 126 valence electrons. The van der Waals surface area contributed by atoms with Crippen LogP contribution in [-0.2, 0) is 11.2 Å². The molecule has 1 aliphatic rings. The van der Waals surface area contributed by atoms with Crippen molar-refractivity contribution in [2.24, 2.45) is 5.92 Å². The number of nitrogens with one attached hydrogen (secondary N) is 1. The second-order valence-corrected chi connectivity index (χ2v) is 6.80. The van der Waals surface area contributed by atoms with Gasteiger partial charge in [-0.3, -0.25) is 4.79 Å². The van der Waals surface area contributed by atoms with E-state index >= 15 is 0 Å². The summed E-state index contributed by atoms with van der Waals surface area (Å²) in [5.74, 6) is 0.660. The van der Waals surface area contributed by atoms with Crippen molar-refractivity contribution in [1.82, 2.24) is 5.32 Å². The molecule has 1 saturated heterocycles. The maximum Gasteiger partial charge on any atom is 0.220 e. The topological polar surface area (TPSA) is 32.3 Å². The highest BCUT2D eigenvalue weighted by Crippen LogP contribution is 2.23. The molecule has 2 aromatic rings. The minimum Gasteiger partial charge on any atom is -0.371 e. The zero-order valence-corrected chi connectivity index (χ0v) is 14.5. The van der Waals surface area contributed by atoms with Crippen molar-refractivity contribution < 1.29 is 4.79 Å². The van der Waals surface area contributed by atoms with Crippen LogP contribution in [0.15, 0.2) is 54.6 Å². The van der Waals surface area contributed by atoms with Crippen molar-refractivity contribution in [3.63, 3.8) is 0 Å². The Morgan fingerprint density at radius 3 is 2.62 bits per heavy atom. The summed E-state index contributed by atoms with van der Waals surface area (Å²) in [6, 6.07) is 18.2. The molecule has 24 heavy (non-hydrogen) atoms. The highest BCUT2D eigenvalue weighted by atomic mass is 35.5. The van der Waals surface area contributed by atoms with Crippen LogP contribution in [0.25, 0.3) is 0 Å². The minimum atomic E-state index is 0.128. The van der Waals surface area contributed by atoms with E-state index in [1.54, 1.807) is 0 Å². The predicted octanol–water partition coefficient (Wildman–Crippen LogP) is 3.92. The smallest absolute Gasteiger partial charge is 0.220 e. The number of hydrogen-bond acceptors (Lipinski definition) is 2. The van der Waals surface area contributed by atoms with E-state index in [-0.39, 0.29) is 5.91 Å². The maximum atomic E-state index is 12.0. The Labute approximate surface area is 148 Å². The number of carbonyl (C=O) groups is 1. The Kier molecular flexibility index (Phi) is 5.76. The van der Waals surface area contributed by atoms with E-state index in [0.29, 0.717) is 12.3 Å². The molecule has 0 spiro atoms. The highest BCUT2D eigenvalue weighted by molar-refractivity contribution is 6.30. The van der Waals surface area contributed by atoms with Gasteiger partial charge in [-0.25, -0.2) is 0 Å². The van der Waals surface area contributed by atoms with Gasteiger partial charge in [0.2, 0.25) is 5.91 Å². The van der Waals surface area contributed by atoms with Crippen LogP contribution in [0, 0.1) is 5.92 Å². The molecule has 0 aliphatic carbocycles. The number of para-hydroxylation sites is 1. The highest BCUT2D eigenvalue weighted by Gasteiger charge is 2.22. The van der Waals surface area contributed by atoms with Crippen molar-refractivity contribution in [2.45, 2.75) is 19.3 Å². The van der Waals surface area contributed by atoms with Crippen LogP contribution in [0.3, 0.4) is 0 Å². The normalized spacial score (nSPS) is 17.0. The SMILES string of the molecule is O=C(CCc1ccc(Cl)cc1)NCC1CCN(c2ccccc2)C1. The lowest BCUT2D eigenvalue weighted by atomic mass is 10.1. The number of rotatable bonds is 6. The Balaban J connectivity index is 1.38. The minimum absolute atomic E-state index is 0.128. The summed E-state index contributed by atoms with van der Waals surface area (Å²) >= 11 is 5.87. The molecule has 1 aliphatic heterocycles. The number of carbonyl (C=O) groups excluding carboxylic acids is 1. The van der Waals surface area contributed by atoms with Gasteiger partial charge in [0, 0.05) is 36.8 Å². The first-order chi connectivity index (χ1) is 11.7. The third kappa shape index (κ3) is 4.75. The van der Waals surface area contributed by atoms with Gasteiger partial charge >= 0.3 is 0 Å². The number of nitrogens with zero attached hydrogens (tertiary/aromatic N) is 1. The van der Waals surface area contributed by atoms with E-state index in [9.17, 15) is 4.79 Å². The lowest BCUT2D eigenvalue weighted by Crippen LogP contribution is -2.31. The molecule has 0 bridgehead atoms. The summed E-state index contributed by atoms with van der Waals surface area (Å²) < 4.78 is 0. The van der Waals surface area contributed by atoms with Crippen LogP contribution in [0.4, 0.5) is 5.69 Å². The number of amides is 1. The molecule has 0 aromatic heterocycles. The average Bonchev–Trinajstić information content (AvgIpc) is 3.09. The number of halogens is 1. The summed E-state index contributed by atoms with van der Waals surface area (Å²) in [6.07, 6.45) is 2.41. The second-order valence-electron chi connectivity index (χ2n) is 6.37. The van der Waals surface area contributed by atoms with E-state index in [4.69, 9.17) is 11.6 Å². The summed E-state index contributed by atoms with van der Waals surface area (Å²) in [5, 5.41) is 3.82. The van der Waals surface area contributed by atoms with Crippen LogP contribution in [-0.4, -0.2) is 25.5 Å². The standard InChI is InChI=1S/C20H23ClN2O/c21-18-9-6-16(7-10-18)8-11-20(24)22-14-17-12-13-23(15-17)19-4-2-1-3-5-19/h1-7,9-10,17H,8,11-15H2,(H,22,24). The first-order valence-corrected chi connectivity index (χ1v) is 8.89. The largest absolute Gasteiger partial charge is 0.371 e. The van der Waals surface area contributed by atoms with Crippen LogP contribution in [0.5, 0.6) is 0 Å². The van der Waals surface area contributed by atoms with Crippen molar-refractivity contribution in [2.75, 3.05) is 24.5 Å². The summed E-state index contributed by atoms with van der Waals surface area (Å²) in [5.41, 5.74) is 2.42. The molecular weight excluding hydrogens is 320 g/mol. The quantitative estimate of drug-likeness (QED) is 0.863. The average molecular weight is 343 g/mol. The zero-order valence-electron chi connectivity index (χ0n) is 13.7. The Bertz CT molecular complexity index is 657. The van der Waals surface area contributed by atoms with Gasteiger partial charge in [0.1, 0.15) is 0 Å². The van der Waals surface area contributed by atoms with Crippen LogP contribution >= 0.6 is 11.6 Å². The lowest BCUT2D eigenvalue weighted by Gasteiger charge is -2.18. The van der Waals surface area contributed by atoms with Crippen LogP contribution in [0.2, 0.25) is 5.02 Å². The molecule has 1 fully saturated rings. The van der Waals surface area contributed by atoms with Crippen molar-refractivity contribution >= 4 is 23.2 Å². The molecular formula is C20H23ClN2O. The monoisotopic (exact) mass is 342 g/mol. The van der Waals surface area contributed by atoms with E-state index in [1.807, 2.05) is 30.3 Å². The van der Waals surface area contributed by atoms with Gasteiger partial charge in [-0.1, -0.05) is 41.9 Å². The molecule has 4 heteroatoms. The maximum absolute atomic E-state index is 12.0. The molecule has 0 saturated carbocycles. The summed E-state index contributed by atoms with van der Waals surface area (Å²) in [4.78, 5) is 14.4. The fraction of sp³-hybridized carbons (Fsp3) is 0.350. The van der Waals surface area contributed by atoms with Gasteiger partial charge in [-0.15, -0.1) is 0 Å². The second kappa shape index (κ2) is 8.20. The van der Waals surface area contributed by atoms with Gasteiger partial charge in [0.15, 0.2) is 0 Å². The molecule has 1 N–H and O–H groups in total. The van der Waals surface area contributed by atoms with E-state index in [0.717, 1.165) is 43.1 Å². The van der Waals surface area contributed by atoms with E-state index < -0.39 is 0 Å². The van der Waals surface area contributed by atoms with E-state index in [2.05, 4.69) is 34.5 Å². The summed E-state index contributed by atoms with van der Waals surface area (Å²) in [6.45, 7) is 2.85. The molecule has 3 rings (SSSR count). The van der Waals surface area contributed by atoms with Gasteiger partial charge in [0.25, 0.3) is 0 Å². The number of benzene rings is 2. The predicted molar refractivity (Wildman–Crippen MR) is 99.5 cm³/mol. The third-order valence-corrected chi connectivity index (χ3v) is 4.80. The fourth-order valence-electron chi connectivity index (χ4n) is 3.13. The Morgan fingerprint density at radius 1 is 1.12 bits per heavy atom. The fourth-order valence-corrected chi connectivity index (χ4v) is 3.25. The lowest BCUT2D eigenvalue weighted by molar-refractivity contribution is -0.121. The molecule has 1 amide bonds. The van der Waals surface area contributed by atoms with Crippen LogP contribution < -0.4 is 10.2 Å². The molecule has 0 radical (unpaired) electrons. The van der Waals surface area contributed by atoms with Crippen molar-refractivity contribution in [3.8, 4) is 0 Å². The number of anilines is 1. The van der Waals surface area contributed by atoms with Gasteiger partial charge in [0.05, 0.1) is 0 Å². The first kappa shape index (κ1) is 16.8. The molecule has 1 atom stereocenters. The third-order valence-electron chi connectivity index (χ3n) is 4.55. The molecule has 1 unspecified atom stereocenters. The first-order valence-electron chi connectivity index (χ1n) is 8.52. The van der Waals surface area contributed by atoms with E-state index in [1.165, 1.54) is 5.69 Å². The van der Waals surface area contributed by atoms with Crippen molar-refractivity contribution in [3.05, 3.63) is 65.2 Å². The molecule has 2 aromatic carbocycles.